The van der Waals surface area contributed by atoms with Crippen LogP contribution in [0.5, 0.6) is 11.5 Å². The second-order valence-corrected chi connectivity index (χ2v) is 5.02. The van der Waals surface area contributed by atoms with Crippen LogP contribution in [0.3, 0.4) is 0 Å². The van der Waals surface area contributed by atoms with E-state index < -0.39 is 0 Å². The molecule has 1 aliphatic heterocycles. The van der Waals surface area contributed by atoms with Gasteiger partial charge in [-0.05, 0) is 24.1 Å². The van der Waals surface area contributed by atoms with Crippen LogP contribution in [0.4, 0.5) is 5.69 Å². The molecule has 0 amide bonds. The minimum absolute atomic E-state index is 0.398. The first-order valence-corrected chi connectivity index (χ1v) is 6.86. The van der Waals surface area contributed by atoms with Crippen molar-refractivity contribution >= 4 is 5.69 Å². The molecule has 0 bridgehead atoms. The molecule has 3 rings (SSSR count). The Labute approximate surface area is 119 Å². The van der Waals surface area contributed by atoms with E-state index in [1.807, 2.05) is 12.1 Å². The molecule has 0 radical (unpaired) electrons. The van der Waals surface area contributed by atoms with E-state index >= 15 is 0 Å². The molecule has 1 N–H and O–H groups in total. The van der Waals surface area contributed by atoms with E-state index in [-0.39, 0.29) is 0 Å². The van der Waals surface area contributed by atoms with Gasteiger partial charge in [0.05, 0.1) is 14.2 Å². The van der Waals surface area contributed by atoms with Crippen molar-refractivity contribution in [3.05, 3.63) is 53.6 Å². The van der Waals surface area contributed by atoms with Crippen molar-refractivity contribution in [3.63, 3.8) is 0 Å². The number of benzene rings is 2. The van der Waals surface area contributed by atoms with Crippen molar-refractivity contribution in [2.75, 3.05) is 26.1 Å². The maximum absolute atomic E-state index is 5.56. The fourth-order valence-corrected chi connectivity index (χ4v) is 2.89. The topological polar surface area (TPSA) is 30.5 Å². The molecule has 2 aromatic rings. The van der Waals surface area contributed by atoms with Crippen LogP contribution < -0.4 is 14.8 Å². The normalized spacial score (nSPS) is 17.0. The highest BCUT2D eigenvalue weighted by Crippen LogP contribution is 2.39. The van der Waals surface area contributed by atoms with Gasteiger partial charge in [0, 0.05) is 23.7 Å². The van der Waals surface area contributed by atoms with Crippen molar-refractivity contribution in [1.82, 2.24) is 0 Å². The summed E-state index contributed by atoms with van der Waals surface area (Å²) in [7, 11) is 3.38. The summed E-state index contributed by atoms with van der Waals surface area (Å²) in [6, 6.07) is 14.6. The summed E-state index contributed by atoms with van der Waals surface area (Å²) in [5.74, 6) is 2.04. The van der Waals surface area contributed by atoms with Crippen LogP contribution in [0.15, 0.2) is 42.5 Å². The summed E-state index contributed by atoms with van der Waals surface area (Å²) in [6.45, 7) is 0.917. The standard InChI is InChI=1S/C17H19NO2/c1-19-16-9-5-7-14(17(16)20-2)13-10-12-6-3-4-8-15(12)18-11-13/h3-9,13,18H,10-11H2,1-2H3. The van der Waals surface area contributed by atoms with E-state index in [9.17, 15) is 0 Å². The van der Waals surface area contributed by atoms with E-state index in [2.05, 4.69) is 35.6 Å². The number of rotatable bonds is 3. The van der Waals surface area contributed by atoms with Gasteiger partial charge in [-0.25, -0.2) is 0 Å². The second kappa shape index (κ2) is 5.45. The Morgan fingerprint density at radius 3 is 2.65 bits per heavy atom. The van der Waals surface area contributed by atoms with Crippen LogP contribution >= 0.6 is 0 Å². The molecule has 0 saturated heterocycles. The molecule has 0 spiro atoms. The molecule has 0 saturated carbocycles. The van der Waals surface area contributed by atoms with Gasteiger partial charge in [0.15, 0.2) is 11.5 Å². The molecule has 1 heterocycles. The van der Waals surface area contributed by atoms with E-state index in [0.717, 1.165) is 24.5 Å². The smallest absolute Gasteiger partial charge is 0.164 e. The summed E-state index contributed by atoms with van der Waals surface area (Å²) < 4.78 is 10.9. The summed E-state index contributed by atoms with van der Waals surface area (Å²) in [6.07, 6.45) is 1.02. The van der Waals surface area contributed by atoms with Gasteiger partial charge in [0.2, 0.25) is 0 Å². The quantitative estimate of drug-likeness (QED) is 0.925. The lowest BCUT2D eigenvalue weighted by Crippen LogP contribution is -2.22. The Morgan fingerprint density at radius 2 is 1.85 bits per heavy atom. The molecule has 3 heteroatoms. The summed E-state index contributed by atoms with van der Waals surface area (Å²) in [5.41, 5.74) is 3.80. The monoisotopic (exact) mass is 269 g/mol. The third-order valence-corrected chi connectivity index (χ3v) is 3.90. The van der Waals surface area contributed by atoms with Crippen LogP contribution in [0, 0.1) is 0 Å². The van der Waals surface area contributed by atoms with Crippen LogP contribution in [0.25, 0.3) is 0 Å². The highest BCUT2D eigenvalue weighted by atomic mass is 16.5. The summed E-state index contributed by atoms with van der Waals surface area (Å²) in [5, 5.41) is 3.50. The van der Waals surface area contributed by atoms with Gasteiger partial charge >= 0.3 is 0 Å². The molecular formula is C17H19NO2. The van der Waals surface area contributed by atoms with Crippen molar-refractivity contribution in [3.8, 4) is 11.5 Å². The zero-order valence-corrected chi connectivity index (χ0v) is 11.8. The average molecular weight is 269 g/mol. The lowest BCUT2D eigenvalue weighted by molar-refractivity contribution is 0.349. The van der Waals surface area contributed by atoms with Crippen LogP contribution in [-0.4, -0.2) is 20.8 Å². The van der Waals surface area contributed by atoms with Gasteiger partial charge in [-0.3, -0.25) is 0 Å². The predicted octanol–water partition coefficient (Wildman–Crippen LogP) is 3.46. The van der Waals surface area contributed by atoms with E-state index in [4.69, 9.17) is 9.47 Å². The van der Waals surface area contributed by atoms with E-state index in [1.165, 1.54) is 16.8 Å². The number of hydrogen-bond acceptors (Lipinski definition) is 3. The van der Waals surface area contributed by atoms with Gasteiger partial charge in [0.25, 0.3) is 0 Å². The van der Waals surface area contributed by atoms with Gasteiger partial charge in [0.1, 0.15) is 0 Å². The fourth-order valence-electron chi connectivity index (χ4n) is 2.89. The number of hydrogen-bond donors (Lipinski definition) is 1. The first-order valence-electron chi connectivity index (χ1n) is 6.86. The number of anilines is 1. The first-order chi connectivity index (χ1) is 9.83. The van der Waals surface area contributed by atoms with Gasteiger partial charge in [-0.1, -0.05) is 30.3 Å². The molecule has 3 nitrogen and oxygen atoms in total. The molecule has 20 heavy (non-hydrogen) atoms. The minimum atomic E-state index is 0.398. The number of para-hydroxylation sites is 2. The van der Waals surface area contributed by atoms with Gasteiger partial charge < -0.3 is 14.8 Å². The Kier molecular flexibility index (Phi) is 3.50. The van der Waals surface area contributed by atoms with E-state index in [1.54, 1.807) is 14.2 Å². The summed E-state index contributed by atoms with van der Waals surface area (Å²) in [4.78, 5) is 0. The lowest BCUT2D eigenvalue weighted by Gasteiger charge is -2.28. The Hall–Kier alpha value is -2.16. The molecule has 0 aliphatic carbocycles. The van der Waals surface area contributed by atoms with Crippen LogP contribution in [-0.2, 0) is 6.42 Å². The molecular weight excluding hydrogens is 250 g/mol. The third-order valence-electron chi connectivity index (χ3n) is 3.90. The maximum atomic E-state index is 5.56. The van der Waals surface area contributed by atoms with Crippen molar-refractivity contribution in [2.45, 2.75) is 12.3 Å². The predicted molar refractivity (Wildman–Crippen MR) is 80.9 cm³/mol. The SMILES string of the molecule is COc1cccc(C2CNc3ccccc3C2)c1OC. The molecule has 1 unspecified atom stereocenters. The minimum Gasteiger partial charge on any atom is -0.493 e. The van der Waals surface area contributed by atoms with Crippen molar-refractivity contribution in [2.24, 2.45) is 0 Å². The van der Waals surface area contributed by atoms with Crippen LogP contribution in [0.2, 0.25) is 0 Å². The zero-order chi connectivity index (χ0) is 13.9. The molecule has 104 valence electrons. The highest BCUT2D eigenvalue weighted by Gasteiger charge is 2.23. The number of fused-ring (bicyclic) bond motifs is 1. The van der Waals surface area contributed by atoms with Crippen molar-refractivity contribution in [1.29, 1.82) is 0 Å². The number of nitrogens with one attached hydrogen (secondary N) is 1. The highest BCUT2D eigenvalue weighted by molar-refractivity contribution is 5.56. The third kappa shape index (κ3) is 2.20. The Morgan fingerprint density at radius 1 is 1.00 bits per heavy atom. The molecule has 0 fully saturated rings. The Balaban J connectivity index is 1.95. The largest absolute Gasteiger partial charge is 0.493 e. The first kappa shape index (κ1) is 12.9. The zero-order valence-electron chi connectivity index (χ0n) is 11.8. The van der Waals surface area contributed by atoms with Gasteiger partial charge in [-0.15, -0.1) is 0 Å². The fraction of sp³-hybridized carbons (Fsp3) is 0.294. The molecule has 1 aliphatic rings. The van der Waals surface area contributed by atoms with E-state index in [0.29, 0.717) is 5.92 Å². The number of ether oxygens (including phenoxy) is 2. The number of methoxy groups -OCH3 is 2. The Bertz CT molecular complexity index is 610. The molecule has 0 aromatic heterocycles. The van der Waals surface area contributed by atoms with Gasteiger partial charge in [-0.2, -0.15) is 0 Å². The molecule has 2 aromatic carbocycles. The maximum Gasteiger partial charge on any atom is 0.164 e. The van der Waals surface area contributed by atoms with Crippen LogP contribution in [0.1, 0.15) is 17.0 Å². The van der Waals surface area contributed by atoms with Crippen molar-refractivity contribution < 1.29 is 9.47 Å². The second-order valence-electron chi connectivity index (χ2n) is 5.02. The average Bonchev–Trinajstić information content (AvgIpc) is 2.53. The lowest BCUT2D eigenvalue weighted by atomic mass is 9.87. The molecule has 1 atom stereocenters. The summed E-state index contributed by atoms with van der Waals surface area (Å²) >= 11 is 0.